The van der Waals surface area contributed by atoms with Gasteiger partial charge in [0.1, 0.15) is 0 Å². The van der Waals surface area contributed by atoms with Gasteiger partial charge in [-0.2, -0.15) is 0 Å². The highest BCUT2D eigenvalue weighted by Gasteiger charge is 1.98. The first-order chi connectivity index (χ1) is 9.63. The average molecular weight is 365 g/mol. The van der Waals surface area contributed by atoms with Crippen molar-refractivity contribution in [2.75, 3.05) is 14.2 Å². The van der Waals surface area contributed by atoms with Gasteiger partial charge in [0.15, 0.2) is 0 Å². The maximum Gasteiger partial charge on any atom is 0.333 e. The van der Waals surface area contributed by atoms with Crippen molar-refractivity contribution >= 4 is 42.5 Å². The Kier molecular flexibility index (Phi) is 28.8. The van der Waals surface area contributed by atoms with E-state index in [1.54, 1.807) is 39.8 Å². The summed E-state index contributed by atoms with van der Waals surface area (Å²) in [4.78, 5) is 20.3. The normalized spacial score (nSPS) is 10.0. The first kappa shape index (κ1) is 28.3. The van der Waals surface area contributed by atoms with Gasteiger partial charge in [-0.15, -0.1) is 0 Å². The molecule has 0 amide bonds. The van der Waals surface area contributed by atoms with E-state index in [0.717, 1.165) is 7.11 Å². The van der Waals surface area contributed by atoms with Crippen LogP contribution in [0.4, 0.5) is 0 Å². The van der Waals surface area contributed by atoms with E-state index in [0.29, 0.717) is 11.1 Å². The summed E-state index contributed by atoms with van der Waals surface area (Å²) in [5, 5.41) is 15.1. The van der Waals surface area contributed by atoms with Crippen LogP contribution in [-0.2, 0) is 23.6 Å². The van der Waals surface area contributed by atoms with E-state index in [1.807, 2.05) is 0 Å². The molecule has 0 spiro atoms. The number of halogens is 2. The van der Waals surface area contributed by atoms with Gasteiger partial charge < -0.3 is 14.9 Å². The molecule has 0 heterocycles. The summed E-state index contributed by atoms with van der Waals surface area (Å²) >= 11 is 0. The molecule has 2 N–H and O–H groups in total. The van der Waals surface area contributed by atoms with Crippen LogP contribution in [0.2, 0.25) is 0 Å². The predicted molar refractivity (Wildman–Crippen MR) is 86.5 cm³/mol. The number of carbonyl (C=O) groups is 2. The predicted octanol–water partition coefficient (Wildman–Crippen LogP) is 2.81. The molecule has 0 saturated heterocycles. The number of rotatable bonds is 2. The smallest absolute Gasteiger partial charge is 0.333 e. The Bertz CT molecular complexity index is 363. The molecule has 0 aliphatic heterocycles. The molecule has 6 nitrogen and oxygen atoms in total. The van der Waals surface area contributed by atoms with Crippen molar-refractivity contribution in [3.8, 4) is 0 Å². The number of methoxy groups -OCH3 is 1. The minimum absolute atomic E-state index is 0.257. The number of aliphatic hydroxyl groups excluding tert-OH is 1. The van der Waals surface area contributed by atoms with Crippen LogP contribution in [0.3, 0.4) is 0 Å². The Labute approximate surface area is 136 Å². The van der Waals surface area contributed by atoms with Crippen molar-refractivity contribution in [3.63, 3.8) is 0 Å². The van der Waals surface area contributed by atoms with Crippen molar-refractivity contribution in [1.29, 1.82) is 0 Å². The number of carboxylic acids is 1. The number of hydrogen-bond donors (Lipinski definition) is 2. The van der Waals surface area contributed by atoms with Gasteiger partial charge in [0.2, 0.25) is 9.23 Å². The minimum Gasteiger partial charge on any atom is -0.478 e. The molecule has 0 bridgehead atoms. The molecule has 0 unspecified atom stereocenters. The van der Waals surface area contributed by atoms with Crippen molar-refractivity contribution in [3.05, 3.63) is 23.3 Å². The third-order valence-electron chi connectivity index (χ3n) is 1.71. The van der Waals surface area contributed by atoms with Crippen LogP contribution in [0.1, 0.15) is 27.7 Å². The molecule has 126 valence electrons. The minimum atomic E-state index is -1.67. The highest BCUT2D eigenvalue weighted by atomic mass is 36.0. The largest absolute Gasteiger partial charge is 0.478 e. The van der Waals surface area contributed by atoms with Gasteiger partial charge in [0.05, 0.1) is 7.11 Å². The fourth-order valence-corrected chi connectivity index (χ4v) is 0.402. The van der Waals surface area contributed by atoms with Gasteiger partial charge in [-0.1, -0.05) is 12.2 Å². The lowest BCUT2D eigenvalue weighted by Gasteiger charge is -1.93. The molecule has 0 aromatic heterocycles. The third kappa shape index (κ3) is 32.6. The quantitative estimate of drug-likeness (QED) is 0.443. The molecule has 0 saturated carbocycles. The maximum absolute atomic E-state index is 10.5. The van der Waals surface area contributed by atoms with Crippen LogP contribution < -0.4 is 0 Å². The second-order valence-corrected chi connectivity index (χ2v) is 5.45. The first-order valence-electron chi connectivity index (χ1n) is 5.40. The van der Waals surface area contributed by atoms with E-state index in [9.17, 15) is 9.59 Å². The van der Waals surface area contributed by atoms with Gasteiger partial charge in [-0.25, -0.2) is 13.8 Å². The number of ether oxygens (including phenoxy) is 1. The number of carbonyl (C=O) groups excluding carboxylic acids is 1. The number of allylic oxidation sites excluding steroid dienone is 2. The lowest BCUT2D eigenvalue weighted by atomic mass is 10.3. The number of carboxylic acid groups (broad SMARTS) is 1. The second-order valence-electron chi connectivity index (χ2n) is 2.92. The zero-order chi connectivity index (χ0) is 18.0. The fourth-order valence-electron chi connectivity index (χ4n) is 0.402. The van der Waals surface area contributed by atoms with Crippen LogP contribution >= 0.6 is 21.4 Å². The van der Waals surface area contributed by atoms with E-state index in [2.05, 4.69) is 26.1 Å². The molecular weight excluding hydrogens is 343 g/mol. The fraction of sp³-hybridized carbons (Fsp3) is 0.500. The van der Waals surface area contributed by atoms with Crippen LogP contribution in [-0.4, -0.2) is 40.6 Å². The summed E-state index contributed by atoms with van der Waals surface area (Å²) in [5.74, 6) is -1.10. The highest BCUT2D eigenvalue weighted by molar-refractivity contribution is 8.26. The SMILES string of the molecule is C/C=C(\C)C(=O)O.C/C=C(\C)C(=O)OC.CO.O=S(Cl)Cl. The average Bonchev–Trinajstić information content (AvgIpc) is 2.46. The molecule has 0 atom stereocenters. The Balaban J connectivity index is -0.000000102. The molecule has 21 heavy (non-hydrogen) atoms. The van der Waals surface area contributed by atoms with Crippen LogP contribution in [0, 0.1) is 0 Å². The van der Waals surface area contributed by atoms with E-state index < -0.39 is 15.2 Å². The number of hydrogen-bond acceptors (Lipinski definition) is 5. The Morgan fingerprint density at radius 2 is 1.33 bits per heavy atom. The lowest BCUT2D eigenvalue weighted by molar-refractivity contribution is -0.136. The van der Waals surface area contributed by atoms with Gasteiger partial charge in [-0.05, 0) is 27.7 Å². The summed E-state index contributed by atoms with van der Waals surface area (Å²) in [6.07, 6.45) is 3.27. The van der Waals surface area contributed by atoms with E-state index >= 15 is 0 Å². The second kappa shape index (κ2) is 21.4. The Hall–Kier alpha value is -0.890. The van der Waals surface area contributed by atoms with Crippen molar-refractivity contribution < 1.29 is 28.7 Å². The van der Waals surface area contributed by atoms with E-state index in [-0.39, 0.29) is 5.97 Å². The highest BCUT2D eigenvalue weighted by Crippen LogP contribution is 1.92. The van der Waals surface area contributed by atoms with Crippen molar-refractivity contribution in [2.24, 2.45) is 0 Å². The Morgan fingerprint density at radius 3 is 1.38 bits per heavy atom. The Morgan fingerprint density at radius 1 is 1.05 bits per heavy atom. The van der Waals surface area contributed by atoms with Gasteiger partial charge in [-0.3, -0.25) is 0 Å². The van der Waals surface area contributed by atoms with Crippen molar-refractivity contribution in [2.45, 2.75) is 27.7 Å². The topological polar surface area (TPSA) is 101 Å². The summed E-state index contributed by atoms with van der Waals surface area (Å²) in [5.41, 5.74) is 1.03. The van der Waals surface area contributed by atoms with E-state index in [4.69, 9.17) is 14.4 Å². The third-order valence-corrected chi connectivity index (χ3v) is 1.71. The molecule has 0 rings (SSSR count). The molecular formula is C12H22Cl2O6S. The zero-order valence-electron chi connectivity index (χ0n) is 12.8. The molecule has 0 fully saturated rings. The molecule has 0 aliphatic rings. The van der Waals surface area contributed by atoms with Gasteiger partial charge in [0.25, 0.3) is 0 Å². The van der Waals surface area contributed by atoms with Crippen molar-refractivity contribution in [1.82, 2.24) is 0 Å². The summed E-state index contributed by atoms with van der Waals surface area (Å²) in [6, 6.07) is 0. The van der Waals surface area contributed by atoms with Crippen LogP contribution in [0.25, 0.3) is 0 Å². The molecule has 0 radical (unpaired) electrons. The number of esters is 1. The lowest BCUT2D eigenvalue weighted by Crippen LogP contribution is -2.00. The zero-order valence-corrected chi connectivity index (χ0v) is 15.2. The monoisotopic (exact) mass is 364 g/mol. The van der Waals surface area contributed by atoms with Gasteiger partial charge in [0, 0.05) is 39.6 Å². The standard InChI is InChI=1S/C6H10O2.C5H8O2.CH4O.Cl2OS/c1-4-5(2)6(7)8-3;1-3-4(2)5(6)7;1-2;1-4(2)3/h4H,1-3H3;3H,1-2H3,(H,6,7);2H,1H3;/b5-4+;4-3+;;. The van der Waals surface area contributed by atoms with Crippen LogP contribution in [0.5, 0.6) is 0 Å². The molecule has 0 aromatic carbocycles. The summed E-state index contributed by atoms with van der Waals surface area (Å²) in [7, 11) is 9.73. The maximum atomic E-state index is 10.5. The number of aliphatic carboxylic acids is 1. The summed E-state index contributed by atoms with van der Waals surface area (Å²) in [6.45, 7) is 6.77. The first-order valence-corrected chi connectivity index (χ1v) is 8.20. The van der Waals surface area contributed by atoms with Gasteiger partial charge >= 0.3 is 11.9 Å². The molecule has 9 heteroatoms. The number of aliphatic hydroxyl groups is 1. The van der Waals surface area contributed by atoms with Crippen LogP contribution in [0.15, 0.2) is 23.3 Å². The molecule has 0 aromatic rings. The molecule has 0 aliphatic carbocycles. The summed E-state index contributed by atoms with van der Waals surface area (Å²) < 4.78 is 13.5. The van der Waals surface area contributed by atoms with E-state index in [1.165, 1.54) is 7.11 Å².